The number of hydrogen-bond donors (Lipinski definition) is 0. The van der Waals surface area contributed by atoms with Crippen molar-refractivity contribution in [1.82, 2.24) is 14.5 Å². The first-order valence-corrected chi connectivity index (χ1v) is 12.8. The highest BCUT2D eigenvalue weighted by molar-refractivity contribution is 5.56. The molecule has 1 aliphatic rings. The van der Waals surface area contributed by atoms with E-state index in [0.29, 0.717) is 25.2 Å². The van der Waals surface area contributed by atoms with Crippen LogP contribution in [0.4, 0.5) is 4.39 Å². The summed E-state index contributed by atoms with van der Waals surface area (Å²) in [5.41, 5.74) is 4.00. The topological polar surface area (TPSA) is 39.5 Å². The second-order valence-corrected chi connectivity index (χ2v) is 9.23. The van der Waals surface area contributed by atoms with Gasteiger partial charge in [0.05, 0.1) is 11.9 Å². The largest absolute Gasteiger partial charge is 0.454 e. The van der Waals surface area contributed by atoms with Gasteiger partial charge in [0.1, 0.15) is 11.6 Å². The summed E-state index contributed by atoms with van der Waals surface area (Å²) >= 11 is 0. The second kappa shape index (κ2) is 11.9. The van der Waals surface area contributed by atoms with E-state index in [1.165, 1.54) is 6.07 Å². The van der Waals surface area contributed by atoms with Crippen molar-refractivity contribution < 1.29 is 13.9 Å². The SMILES string of the molecule is CCCCn1c(CN(C/C=C\c2ccccc2F)Cc2ccc3c(c2)OCO3)cnc1-c1ccccc1. The predicted molar refractivity (Wildman–Crippen MR) is 145 cm³/mol. The Bertz CT molecular complexity index is 1350. The Hall–Kier alpha value is -3.90. The smallest absolute Gasteiger partial charge is 0.231 e. The summed E-state index contributed by atoms with van der Waals surface area (Å²) in [6.45, 7) is 5.45. The Morgan fingerprint density at radius 1 is 0.973 bits per heavy atom. The highest BCUT2D eigenvalue weighted by Gasteiger charge is 2.17. The molecule has 6 heteroatoms. The molecule has 1 aromatic heterocycles. The number of halogens is 1. The Kier molecular flexibility index (Phi) is 7.96. The molecule has 0 atom stereocenters. The van der Waals surface area contributed by atoms with Crippen LogP contribution in [0.25, 0.3) is 17.5 Å². The van der Waals surface area contributed by atoms with Crippen LogP contribution in [0.1, 0.15) is 36.6 Å². The first kappa shape index (κ1) is 24.8. The van der Waals surface area contributed by atoms with Crippen molar-refractivity contribution in [3.63, 3.8) is 0 Å². The lowest BCUT2D eigenvalue weighted by molar-refractivity contribution is 0.174. The van der Waals surface area contributed by atoms with Crippen LogP contribution in [0.5, 0.6) is 11.5 Å². The van der Waals surface area contributed by atoms with Gasteiger partial charge in [0.2, 0.25) is 6.79 Å². The van der Waals surface area contributed by atoms with Gasteiger partial charge in [-0.25, -0.2) is 9.37 Å². The quantitative estimate of drug-likeness (QED) is 0.225. The lowest BCUT2D eigenvalue weighted by Gasteiger charge is -2.22. The number of rotatable bonds is 11. The lowest BCUT2D eigenvalue weighted by Crippen LogP contribution is -2.24. The monoisotopic (exact) mass is 497 g/mol. The van der Waals surface area contributed by atoms with Crippen LogP contribution in [0.15, 0.2) is 85.1 Å². The normalized spacial score (nSPS) is 12.6. The molecule has 3 aromatic carbocycles. The van der Waals surface area contributed by atoms with Gasteiger partial charge in [0.15, 0.2) is 11.5 Å². The fraction of sp³-hybridized carbons (Fsp3) is 0.258. The number of ether oxygens (including phenoxy) is 2. The van der Waals surface area contributed by atoms with Crippen molar-refractivity contribution in [2.75, 3.05) is 13.3 Å². The Morgan fingerprint density at radius 2 is 1.78 bits per heavy atom. The van der Waals surface area contributed by atoms with Crippen molar-refractivity contribution in [1.29, 1.82) is 0 Å². The van der Waals surface area contributed by atoms with Gasteiger partial charge in [-0.2, -0.15) is 0 Å². The molecule has 0 N–H and O–H groups in total. The second-order valence-electron chi connectivity index (χ2n) is 9.23. The number of imidazole rings is 1. The summed E-state index contributed by atoms with van der Waals surface area (Å²) in [5, 5.41) is 0. The van der Waals surface area contributed by atoms with Gasteiger partial charge in [0.25, 0.3) is 0 Å². The zero-order valence-corrected chi connectivity index (χ0v) is 21.1. The molecule has 0 radical (unpaired) electrons. The zero-order valence-electron chi connectivity index (χ0n) is 21.1. The van der Waals surface area contributed by atoms with Crippen LogP contribution in [0.3, 0.4) is 0 Å². The van der Waals surface area contributed by atoms with Gasteiger partial charge in [0, 0.05) is 37.3 Å². The molecule has 37 heavy (non-hydrogen) atoms. The van der Waals surface area contributed by atoms with Gasteiger partial charge in [-0.1, -0.05) is 80.1 Å². The molecule has 0 saturated carbocycles. The molecule has 0 bridgehead atoms. The fourth-order valence-electron chi connectivity index (χ4n) is 4.57. The van der Waals surface area contributed by atoms with Crippen LogP contribution in [-0.4, -0.2) is 27.8 Å². The molecule has 0 fully saturated rings. The van der Waals surface area contributed by atoms with Crippen molar-refractivity contribution in [3.8, 4) is 22.9 Å². The third-order valence-electron chi connectivity index (χ3n) is 6.50. The molecule has 0 unspecified atom stereocenters. The molecule has 190 valence electrons. The van der Waals surface area contributed by atoms with Crippen LogP contribution < -0.4 is 9.47 Å². The third-order valence-corrected chi connectivity index (χ3v) is 6.50. The molecule has 5 nitrogen and oxygen atoms in total. The van der Waals surface area contributed by atoms with E-state index in [-0.39, 0.29) is 12.6 Å². The van der Waals surface area contributed by atoms with Gasteiger partial charge in [-0.05, 0) is 30.2 Å². The molecular formula is C31H32FN3O2. The first-order chi connectivity index (χ1) is 18.2. The number of unbranched alkanes of at least 4 members (excludes halogenated alkanes) is 1. The van der Waals surface area contributed by atoms with Crippen LogP contribution in [0.2, 0.25) is 0 Å². The number of fused-ring (bicyclic) bond motifs is 1. The molecule has 0 spiro atoms. The summed E-state index contributed by atoms with van der Waals surface area (Å²) in [4.78, 5) is 7.15. The maximum atomic E-state index is 14.2. The third kappa shape index (κ3) is 6.09. The minimum Gasteiger partial charge on any atom is -0.454 e. The van der Waals surface area contributed by atoms with Crippen LogP contribution >= 0.6 is 0 Å². The molecule has 0 aliphatic carbocycles. The van der Waals surface area contributed by atoms with E-state index < -0.39 is 0 Å². The standard InChI is InChI=1S/C31H32FN3O2/c1-2-3-18-35-27(20-33-31(35)26-11-5-4-6-12-26)22-34(17-9-13-25-10-7-8-14-28(25)32)21-24-15-16-29-30(19-24)37-23-36-29/h4-16,19-20H,2-3,17-18,21-23H2,1H3/b13-9-. The predicted octanol–water partition coefficient (Wildman–Crippen LogP) is 6.93. The molecule has 0 amide bonds. The average molecular weight is 498 g/mol. The number of aromatic nitrogens is 2. The van der Waals surface area contributed by atoms with Gasteiger partial charge >= 0.3 is 0 Å². The van der Waals surface area contributed by atoms with Crippen molar-refractivity contribution in [2.45, 2.75) is 39.4 Å². The average Bonchev–Trinajstić information content (AvgIpc) is 3.55. The number of nitrogens with zero attached hydrogens (tertiary/aromatic N) is 3. The van der Waals surface area contributed by atoms with E-state index in [1.807, 2.05) is 54.7 Å². The van der Waals surface area contributed by atoms with E-state index in [0.717, 1.165) is 53.5 Å². The van der Waals surface area contributed by atoms with Crippen LogP contribution in [0, 0.1) is 5.82 Å². The highest BCUT2D eigenvalue weighted by atomic mass is 19.1. The Morgan fingerprint density at radius 3 is 2.62 bits per heavy atom. The minimum atomic E-state index is -0.216. The van der Waals surface area contributed by atoms with Gasteiger partial charge in [-0.3, -0.25) is 4.90 Å². The van der Waals surface area contributed by atoms with Crippen molar-refractivity contribution >= 4 is 6.08 Å². The minimum absolute atomic E-state index is 0.216. The summed E-state index contributed by atoms with van der Waals surface area (Å²) in [5.74, 6) is 2.33. The van der Waals surface area contributed by atoms with E-state index in [4.69, 9.17) is 14.5 Å². The molecule has 5 rings (SSSR count). The summed E-state index contributed by atoms with van der Waals surface area (Å²) in [6, 6.07) is 23.3. The van der Waals surface area contributed by atoms with Crippen molar-refractivity contribution in [3.05, 3.63) is 108 Å². The molecule has 0 saturated heterocycles. The Labute approximate surface area is 217 Å². The zero-order chi connectivity index (χ0) is 25.5. The number of benzene rings is 3. The lowest BCUT2D eigenvalue weighted by atomic mass is 10.1. The van der Waals surface area contributed by atoms with Gasteiger partial charge in [-0.15, -0.1) is 0 Å². The van der Waals surface area contributed by atoms with E-state index >= 15 is 0 Å². The summed E-state index contributed by atoms with van der Waals surface area (Å²) in [6.07, 6.45) is 8.06. The summed E-state index contributed by atoms with van der Waals surface area (Å²) in [7, 11) is 0. The molecule has 4 aromatic rings. The molecule has 1 aliphatic heterocycles. The molecular weight excluding hydrogens is 465 g/mol. The molecule has 2 heterocycles. The van der Waals surface area contributed by atoms with Crippen molar-refractivity contribution in [2.24, 2.45) is 0 Å². The maximum Gasteiger partial charge on any atom is 0.231 e. The van der Waals surface area contributed by atoms with Gasteiger partial charge < -0.3 is 14.0 Å². The van der Waals surface area contributed by atoms with E-state index in [2.05, 4.69) is 34.6 Å². The van der Waals surface area contributed by atoms with E-state index in [1.54, 1.807) is 12.1 Å². The van der Waals surface area contributed by atoms with Crippen LogP contribution in [-0.2, 0) is 19.6 Å². The number of hydrogen-bond acceptors (Lipinski definition) is 4. The highest BCUT2D eigenvalue weighted by Crippen LogP contribution is 2.33. The fourth-order valence-corrected chi connectivity index (χ4v) is 4.57. The summed E-state index contributed by atoms with van der Waals surface area (Å²) < 4.78 is 27.6. The Balaban J connectivity index is 1.41. The first-order valence-electron chi connectivity index (χ1n) is 12.8. The van der Waals surface area contributed by atoms with E-state index in [9.17, 15) is 4.39 Å². The maximum absolute atomic E-state index is 14.2.